The molecule has 1 aromatic rings. The first-order valence-corrected chi connectivity index (χ1v) is 5.00. The van der Waals surface area contributed by atoms with E-state index in [1.54, 1.807) is 43.1 Å². The molecule has 0 radical (unpaired) electrons. The van der Waals surface area contributed by atoms with Crippen LogP contribution in [0.2, 0.25) is 0 Å². The van der Waals surface area contributed by atoms with Gasteiger partial charge in [0.1, 0.15) is 6.04 Å². The first-order chi connectivity index (χ1) is 7.43. The van der Waals surface area contributed by atoms with Crippen LogP contribution in [0.4, 0.5) is 5.69 Å². The summed E-state index contributed by atoms with van der Waals surface area (Å²) in [5.41, 5.74) is 1.40. The van der Waals surface area contributed by atoms with Crippen LogP contribution in [0, 0.1) is 0 Å². The fourth-order valence-corrected chi connectivity index (χ4v) is 1.32. The van der Waals surface area contributed by atoms with Gasteiger partial charge in [-0.2, -0.15) is 0 Å². The summed E-state index contributed by atoms with van der Waals surface area (Å²) < 4.78 is 0. The van der Waals surface area contributed by atoms with E-state index in [1.165, 1.54) is 6.92 Å². The normalized spacial score (nSPS) is 11.9. The fourth-order valence-electron chi connectivity index (χ4n) is 1.32. The first kappa shape index (κ1) is 12.2. The minimum atomic E-state index is -0.877. The summed E-state index contributed by atoms with van der Waals surface area (Å²) in [6.07, 6.45) is 0. The van der Waals surface area contributed by atoms with Crippen molar-refractivity contribution in [2.24, 2.45) is 0 Å². The largest absolute Gasteiger partial charge is 0.480 e. The van der Waals surface area contributed by atoms with Crippen LogP contribution in [-0.4, -0.2) is 29.9 Å². The molecule has 0 amide bonds. The van der Waals surface area contributed by atoms with E-state index in [0.29, 0.717) is 5.56 Å². The zero-order chi connectivity index (χ0) is 12.3. The Hall–Kier alpha value is -1.84. The van der Waals surface area contributed by atoms with E-state index in [1.807, 2.05) is 0 Å². The van der Waals surface area contributed by atoms with Crippen LogP contribution in [0.3, 0.4) is 0 Å². The number of likely N-dealkylation sites (N-methyl/N-ethyl adjacent to an activating group) is 1. The average molecular weight is 221 g/mol. The summed E-state index contributed by atoms with van der Waals surface area (Å²) in [6.45, 7) is 3.11. The smallest absolute Gasteiger partial charge is 0.326 e. The Morgan fingerprint density at radius 2 is 1.75 bits per heavy atom. The van der Waals surface area contributed by atoms with E-state index < -0.39 is 12.0 Å². The van der Waals surface area contributed by atoms with Gasteiger partial charge in [0.15, 0.2) is 5.78 Å². The van der Waals surface area contributed by atoms with Crippen LogP contribution in [0.15, 0.2) is 24.3 Å². The number of carbonyl (C=O) groups is 2. The second-order valence-corrected chi connectivity index (χ2v) is 3.73. The second-order valence-electron chi connectivity index (χ2n) is 3.73. The Balaban J connectivity index is 2.89. The van der Waals surface area contributed by atoms with Crippen molar-refractivity contribution in [1.82, 2.24) is 0 Å². The molecule has 1 atom stereocenters. The third-order valence-corrected chi connectivity index (χ3v) is 2.62. The highest BCUT2D eigenvalue weighted by Crippen LogP contribution is 2.16. The summed E-state index contributed by atoms with van der Waals surface area (Å²) in [4.78, 5) is 23.5. The fraction of sp³-hybridized carbons (Fsp3) is 0.333. The molecule has 4 heteroatoms. The molecule has 0 aliphatic carbocycles. The van der Waals surface area contributed by atoms with Gasteiger partial charge >= 0.3 is 5.97 Å². The van der Waals surface area contributed by atoms with E-state index in [4.69, 9.17) is 5.11 Å². The van der Waals surface area contributed by atoms with Gasteiger partial charge in [-0.25, -0.2) is 4.79 Å². The molecule has 1 unspecified atom stereocenters. The molecule has 86 valence electrons. The number of ketones is 1. The summed E-state index contributed by atoms with van der Waals surface area (Å²) in [7, 11) is 1.71. The Morgan fingerprint density at radius 3 is 2.12 bits per heavy atom. The van der Waals surface area contributed by atoms with Gasteiger partial charge in [0.2, 0.25) is 0 Å². The number of rotatable bonds is 4. The molecule has 0 bridgehead atoms. The van der Waals surface area contributed by atoms with Gasteiger partial charge in [-0.1, -0.05) is 0 Å². The Kier molecular flexibility index (Phi) is 3.66. The van der Waals surface area contributed by atoms with Crippen LogP contribution < -0.4 is 4.90 Å². The number of nitrogens with zero attached hydrogens (tertiary/aromatic N) is 1. The molecule has 0 aliphatic rings. The van der Waals surface area contributed by atoms with Gasteiger partial charge in [0.05, 0.1) is 0 Å². The molecule has 0 fully saturated rings. The number of aliphatic carboxylic acids is 1. The topological polar surface area (TPSA) is 57.6 Å². The lowest BCUT2D eigenvalue weighted by Gasteiger charge is -2.23. The van der Waals surface area contributed by atoms with E-state index in [0.717, 1.165) is 5.69 Å². The van der Waals surface area contributed by atoms with E-state index in [2.05, 4.69) is 0 Å². The summed E-state index contributed by atoms with van der Waals surface area (Å²) in [6, 6.07) is 6.29. The highest BCUT2D eigenvalue weighted by molar-refractivity contribution is 5.94. The van der Waals surface area contributed by atoms with Gasteiger partial charge in [-0.05, 0) is 38.1 Å². The highest BCUT2D eigenvalue weighted by Gasteiger charge is 2.16. The second kappa shape index (κ2) is 4.79. The molecule has 0 spiro atoms. The van der Waals surface area contributed by atoms with Crippen LogP contribution in [0.5, 0.6) is 0 Å². The lowest BCUT2D eigenvalue weighted by molar-refractivity contribution is -0.138. The minimum absolute atomic E-state index is 0.000450. The molecule has 0 aromatic heterocycles. The lowest BCUT2D eigenvalue weighted by atomic mass is 10.1. The zero-order valence-electron chi connectivity index (χ0n) is 9.60. The third-order valence-electron chi connectivity index (χ3n) is 2.62. The summed E-state index contributed by atoms with van der Waals surface area (Å²) in [5, 5.41) is 8.86. The van der Waals surface area contributed by atoms with Crippen LogP contribution in [-0.2, 0) is 4.79 Å². The maximum atomic E-state index is 11.1. The molecule has 0 saturated carbocycles. The minimum Gasteiger partial charge on any atom is -0.480 e. The van der Waals surface area contributed by atoms with Crippen LogP contribution >= 0.6 is 0 Å². The quantitative estimate of drug-likeness (QED) is 0.787. The number of Topliss-reactive ketones (excluding diaryl/α,β-unsaturated/α-hetero) is 1. The van der Waals surface area contributed by atoms with Crippen molar-refractivity contribution >= 4 is 17.4 Å². The number of carbonyl (C=O) groups excluding carboxylic acids is 1. The van der Waals surface area contributed by atoms with Gasteiger partial charge in [0.25, 0.3) is 0 Å². The predicted octanol–water partition coefficient (Wildman–Crippen LogP) is 1.80. The number of anilines is 1. The number of hydrogen-bond acceptors (Lipinski definition) is 3. The Bertz CT molecular complexity index is 397. The van der Waals surface area contributed by atoms with Crippen molar-refractivity contribution in [2.45, 2.75) is 19.9 Å². The van der Waals surface area contributed by atoms with Crippen molar-refractivity contribution in [3.8, 4) is 0 Å². The van der Waals surface area contributed by atoms with E-state index in [9.17, 15) is 9.59 Å². The van der Waals surface area contributed by atoms with Gasteiger partial charge in [-0.15, -0.1) is 0 Å². The molecule has 1 rings (SSSR count). The van der Waals surface area contributed by atoms with Crippen molar-refractivity contribution in [1.29, 1.82) is 0 Å². The molecular formula is C12H15NO3. The van der Waals surface area contributed by atoms with Crippen LogP contribution in [0.25, 0.3) is 0 Å². The number of carboxylic acids is 1. The maximum Gasteiger partial charge on any atom is 0.326 e. The molecular weight excluding hydrogens is 206 g/mol. The molecule has 4 nitrogen and oxygen atoms in total. The third kappa shape index (κ3) is 2.59. The van der Waals surface area contributed by atoms with E-state index in [-0.39, 0.29) is 5.78 Å². The van der Waals surface area contributed by atoms with Crippen molar-refractivity contribution in [3.05, 3.63) is 29.8 Å². The summed E-state index contributed by atoms with van der Waals surface area (Å²) >= 11 is 0. The number of benzene rings is 1. The number of hydrogen-bond donors (Lipinski definition) is 1. The molecule has 0 aliphatic heterocycles. The molecule has 0 saturated heterocycles. The first-order valence-electron chi connectivity index (χ1n) is 5.00. The molecule has 1 aromatic carbocycles. The van der Waals surface area contributed by atoms with Gasteiger partial charge < -0.3 is 10.0 Å². The van der Waals surface area contributed by atoms with Crippen molar-refractivity contribution < 1.29 is 14.7 Å². The summed E-state index contributed by atoms with van der Waals surface area (Å²) in [5.74, 6) is -0.876. The highest BCUT2D eigenvalue weighted by atomic mass is 16.4. The molecule has 16 heavy (non-hydrogen) atoms. The predicted molar refractivity (Wildman–Crippen MR) is 61.9 cm³/mol. The standard InChI is InChI=1S/C12H15NO3/c1-8(12(15)16)13(3)11-6-4-10(5-7-11)9(2)14/h4-8H,1-3H3,(H,15,16). The van der Waals surface area contributed by atoms with Gasteiger partial charge in [0, 0.05) is 18.3 Å². The van der Waals surface area contributed by atoms with Crippen LogP contribution in [0.1, 0.15) is 24.2 Å². The zero-order valence-corrected chi connectivity index (χ0v) is 9.60. The molecule has 1 N–H and O–H groups in total. The monoisotopic (exact) mass is 221 g/mol. The Morgan fingerprint density at radius 1 is 1.25 bits per heavy atom. The molecule has 0 heterocycles. The van der Waals surface area contributed by atoms with Crippen molar-refractivity contribution in [2.75, 3.05) is 11.9 Å². The maximum absolute atomic E-state index is 11.1. The van der Waals surface area contributed by atoms with E-state index >= 15 is 0 Å². The average Bonchev–Trinajstić information content (AvgIpc) is 2.27. The Labute approximate surface area is 94.5 Å². The van der Waals surface area contributed by atoms with Crippen molar-refractivity contribution in [3.63, 3.8) is 0 Å². The number of carboxylic acid groups (broad SMARTS) is 1. The SMILES string of the molecule is CC(=O)c1ccc(N(C)C(C)C(=O)O)cc1. The van der Waals surface area contributed by atoms with Gasteiger partial charge in [-0.3, -0.25) is 4.79 Å². The lowest BCUT2D eigenvalue weighted by Crippen LogP contribution is -2.35.